The average Bonchev–Trinajstić information content (AvgIpc) is 1.89. The van der Waals surface area contributed by atoms with Gasteiger partial charge in [0.2, 0.25) is 0 Å². The van der Waals surface area contributed by atoms with Gasteiger partial charge in [-0.3, -0.25) is 0 Å². The van der Waals surface area contributed by atoms with Crippen molar-refractivity contribution in [3.05, 3.63) is 0 Å². The van der Waals surface area contributed by atoms with E-state index in [1.807, 2.05) is 0 Å². The van der Waals surface area contributed by atoms with Crippen molar-refractivity contribution in [1.82, 2.24) is 0 Å². The molecule has 0 aromatic heterocycles. The van der Waals surface area contributed by atoms with Gasteiger partial charge in [-0.2, -0.15) is 0 Å². The van der Waals surface area contributed by atoms with Crippen LogP contribution in [0.3, 0.4) is 0 Å². The van der Waals surface area contributed by atoms with Crippen LogP contribution in [0.4, 0.5) is 0 Å². The molecule has 0 atom stereocenters. The van der Waals surface area contributed by atoms with Crippen molar-refractivity contribution < 1.29 is 67.2 Å². The van der Waals surface area contributed by atoms with Gasteiger partial charge in [0.25, 0.3) is 0 Å². The SMILES string of the molecule is O.O.O=C(O)CO.O=C(O)CO.[Zr]. The van der Waals surface area contributed by atoms with Crippen molar-refractivity contribution in [2.75, 3.05) is 13.2 Å². The Morgan fingerprint density at radius 2 is 0.923 bits per heavy atom. The molecule has 0 aliphatic heterocycles. The number of aliphatic hydroxyl groups is 2. The van der Waals surface area contributed by atoms with Crippen LogP contribution in [0.5, 0.6) is 0 Å². The molecule has 0 aromatic rings. The topological polar surface area (TPSA) is 178 Å². The molecule has 0 aliphatic rings. The summed E-state index contributed by atoms with van der Waals surface area (Å²) < 4.78 is 0. The fourth-order valence-corrected chi connectivity index (χ4v) is 0. The number of aliphatic hydroxyl groups excluding tert-OH is 2. The fraction of sp³-hybridized carbons (Fsp3) is 0.500. The molecule has 0 saturated heterocycles. The zero-order valence-electron chi connectivity index (χ0n) is 6.52. The maximum Gasteiger partial charge on any atom is 0.329 e. The van der Waals surface area contributed by atoms with Gasteiger partial charge < -0.3 is 31.4 Å². The monoisotopic (exact) mass is 278 g/mol. The summed E-state index contributed by atoms with van der Waals surface area (Å²) in [5, 5.41) is 30.0. The summed E-state index contributed by atoms with van der Waals surface area (Å²) in [6.07, 6.45) is 0. The molecule has 0 bridgehead atoms. The predicted octanol–water partition coefficient (Wildman–Crippen LogP) is -3.53. The van der Waals surface area contributed by atoms with E-state index in [4.69, 9.17) is 30.0 Å². The Labute approximate surface area is 92.5 Å². The Morgan fingerprint density at radius 1 is 0.846 bits per heavy atom. The van der Waals surface area contributed by atoms with Crippen LogP contribution in [-0.2, 0) is 35.8 Å². The van der Waals surface area contributed by atoms with Crippen LogP contribution in [-0.4, -0.2) is 56.5 Å². The number of carboxylic acids is 2. The molecule has 0 aliphatic carbocycles. The number of rotatable bonds is 2. The van der Waals surface area contributed by atoms with Crippen LogP contribution in [0.15, 0.2) is 0 Å². The Balaban J connectivity index is -0.0000000267. The van der Waals surface area contributed by atoms with Gasteiger partial charge >= 0.3 is 11.9 Å². The van der Waals surface area contributed by atoms with E-state index in [1.165, 1.54) is 0 Å². The van der Waals surface area contributed by atoms with E-state index in [-0.39, 0.29) is 37.2 Å². The molecular formula is C4H12O8Zr. The second-order valence-electron chi connectivity index (χ2n) is 1.10. The Hall–Kier alpha value is -0.337. The molecule has 9 heteroatoms. The predicted molar refractivity (Wildman–Crippen MR) is 36.7 cm³/mol. The molecule has 8 N–H and O–H groups in total. The smallest absolute Gasteiger partial charge is 0.329 e. The molecule has 0 fully saturated rings. The molecule has 80 valence electrons. The molecule has 0 amide bonds. The first-order valence-electron chi connectivity index (χ1n) is 2.20. The largest absolute Gasteiger partial charge is 0.480 e. The molecule has 0 spiro atoms. The van der Waals surface area contributed by atoms with Crippen molar-refractivity contribution >= 4 is 11.9 Å². The van der Waals surface area contributed by atoms with Crippen LogP contribution in [0.25, 0.3) is 0 Å². The van der Waals surface area contributed by atoms with Gasteiger partial charge in [0.05, 0.1) is 0 Å². The van der Waals surface area contributed by atoms with Crippen molar-refractivity contribution in [2.24, 2.45) is 0 Å². The minimum absolute atomic E-state index is 0. The van der Waals surface area contributed by atoms with Gasteiger partial charge in [0.15, 0.2) is 0 Å². The minimum Gasteiger partial charge on any atom is -0.480 e. The first-order chi connectivity index (χ1) is 4.54. The zero-order valence-corrected chi connectivity index (χ0v) is 8.98. The second-order valence-corrected chi connectivity index (χ2v) is 1.10. The summed E-state index contributed by atoms with van der Waals surface area (Å²) in [4.78, 5) is 18.2. The van der Waals surface area contributed by atoms with E-state index in [9.17, 15) is 0 Å². The van der Waals surface area contributed by atoms with Gasteiger partial charge in [-0.15, -0.1) is 0 Å². The average molecular weight is 279 g/mol. The minimum atomic E-state index is -1.19. The number of hydrogen-bond acceptors (Lipinski definition) is 4. The van der Waals surface area contributed by atoms with Gasteiger partial charge in [0, 0.05) is 26.2 Å². The Morgan fingerprint density at radius 3 is 0.923 bits per heavy atom. The summed E-state index contributed by atoms with van der Waals surface area (Å²) in [6.45, 7) is -1.56. The third kappa shape index (κ3) is 81.2. The van der Waals surface area contributed by atoms with Gasteiger partial charge in [-0.1, -0.05) is 0 Å². The number of carbonyl (C=O) groups is 2. The van der Waals surface area contributed by atoms with E-state index in [0.717, 1.165) is 0 Å². The Bertz CT molecular complexity index is 101. The molecule has 13 heavy (non-hydrogen) atoms. The zero-order chi connectivity index (χ0) is 8.57. The summed E-state index contributed by atoms with van der Waals surface area (Å²) in [7, 11) is 0. The maximum atomic E-state index is 9.12. The van der Waals surface area contributed by atoms with Gasteiger partial charge in [0.1, 0.15) is 13.2 Å². The van der Waals surface area contributed by atoms with Crippen molar-refractivity contribution in [3.8, 4) is 0 Å². The van der Waals surface area contributed by atoms with Crippen molar-refractivity contribution in [3.63, 3.8) is 0 Å². The number of carboxylic acid groups (broad SMARTS) is 2. The Kier molecular flexibility index (Phi) is 51.0. The molecule has 0 rings (SSSR count). The van der Waals surface area contributed by atoms with Crippen molar-refractivity contribution in [2.45, 2.75) is 0 Å². The molecule has 0 aromatic carbocycles. The summed E-state index contributed by atoms with van der Waals surface area (Å²) in [5.74, 6) is -2.38. The van der Waals surface area contributed by atoms with Gasteiger partial charge in [-0.05, 0) is 0 Å². The molecule has 0 radical (unpaired) electrons. The van der Waals surface area contributed by atoms with Crippen LogP contribution in [0.1, 0.15) is 0 Å². The maximum absolute atomic E-state index is 9.12. The van der Waals surface area contributed by atoms with Gasteiger partial charge in [-0.25, -0.2) is 9.59 Å². The number of hydrogen-bond donors (Lipinski definition) is 4. The van der Waals surface area contributed by atoms with E-state index >= 15 is 0 Å². The molecule has 0 heterocycles. The first kappa shape index (κ1) is 29.3. The summed E-state index contributed by atoms with van der Waals surface area (Å²) in [6, 6.07) is 0. The normalized spacial score (nSPS) is 5.69. The van der Waals surface area contributed by atoms with Crippen LogP contribution in [0, 0.1) is 0 Å². The third-order valence-electron chi connectivity index (χ3n) is 0.271. The molecular weight excluding hydrogens is 267 g/mol. The molecule has 0 unspecified atom stereocenters. The quantitative estimate of drug-likeness (QED) is 0.406. The van der Waals surface area contributed by atoms with E-state index in [1.54, 1.807) is 0 Å². The summed E-state index contributed by atoms with van der Waals surface area (Å²) in [5.41, 5.74) is 0. The van der Waals surface area contributed by atoms with E-state index in [0.29, 0.717) is 0 Å². The molecule has 0 saturated carbocycles. The number of aliphatic carboxylic acids is 2. The molecule has 8 nitrogen and oxygen atoms in total. The van der Waals surface area contributed by atoms with E-state index < -0.39 is 25.2 Å². The van der Waals surface area contributed by atoms with E-state index in [2.05, 4.69) is 0 Å². The van der Waals surface area contributed by atoms with Crippen LogP contribution >= 0.6 is 0 Å². The standard InChI is InChI=1S/2C2H4O3.2H2O.Zr/c2*3-1-2(4)5;;;/h2*3H,1H2,(H,4,5);2*1H2;. The second kappa shape index (κ2) is 22.6. The fourth-order valence-electron chi connectivity index (χ4n) is 0. The third-order valence-corrected chi connectivity index (χ3v) is 0.271. The summed E-state index contributed by atoms with van der Waals surface area (Å²) >= 11 is 0. The first-order valence-corrected chi connectivity index (χ1v) is 2.20. The van der Waals surface area contributed by atoms with Crippen molar-refractivity contribution in [1.29, 1.82) is 0 Å². The van der Waals surface area contributed by atoms with Crippen LogP contribution < -0.4 is 0 Å². The van der Waals surface area contributed by atoms with Crippen LogP contribution in [0.2, 0.25) is 0 Å².